The minimum atomic E-state index is 0.0710. The summed E-state index contributed by atoms with van der Waals surface area (Å²) < 4.78 is 1.78. The third-order valence-corrected chi connectivity index (χ3v) is 5.49. The Morgan fingerprint density at radius 2 is 1.80 bits per heavy atom. The second-order valence-electron chi connectivity index (χ2n) is 7.44. The van der Waals surface area contributed by atoms with Crippen molar-refractivity contribution in [3.05, 3.63) is 88.9 Å². The first kappa shape index (κ1) is 18.6. The molecule has 30 heavy (non-hydrogen) atoms. The minimum Gasteiger partial charge on any atom is -0.363 e. The van der Waals surface area contributed by atoms with Crippen molar-refractivity contribution in [2.75, 3.05) is 5.32 Å². The van der Waals surface area contributed by atoms with Gasteiger partial charge in [0.15, 0.2) is 5.65 Å². The molecule has 148 valence electrons. The Hall–Kier alpha value is -3.44. The number of benzene rings is 3. The zero-order valence-corrected chi connectivity index (χ0v) is 17.4. The van der Waals surface area contributed by atoms with E-state index in [-0.39, 0.29) is 6.04 Å². The molecule has 0 radical (unpaired) electrons. The number of halogens is 1. The molecule has 0 aliphatic heterocycles. The topological polar surface area (TPSA) is 55.1 Å². The smallest absolute Gasteiger partial charge is 0.186 e. The molecule has 0 bridgehead atoms. The van der Waals surface area contributed by atoms with Gasteiger partial charge in [-0.15, -0.1) is 5.10 Å². The monoisotopic (exact) mass is 413 g/mol. The first-order chi connectivity index (χ1) is 14.6. The maximum Gasteiger partial charge on any atom is 0.186 e. The number of hydrogen-bond acceptors (Lipinski definition) is 4. The molecule has 0 saturated heterocycles. The summed E-state index contributed by atoms with van der Waals surface area (Å²) >= 11 is 6.31. The Morgan fingerprint density at radius 1 is 0.967 bits per heavy atom. The Labute approximate surface area is 179 Å². The van der Waals surface area contributed by atoms with Gasteiger partial charge in [-0.25, -0.2) is 4.98 Å². The van der Waals surface area contributed by atoms with Gasteiger partial charge in [0.05, 0.1) is 5.52 Å². The van der Waals surface area contributed by atoms with E-state index in [4.69, 9.17) is 16.6 Å². The first-order valence-electron chi connectivity index (χ1n) is 9.83. The molecule has 0 saturated carbocycles. The Kier molecular flexibility index (Phi) is 4.60. The van der Waals surface area contributed by atoms with E-state index in [0.717, 1.165) is 33.5 Å². The maximum atomic E-state index is 6.31. The lowest BCUT2D eigenvalue weighted by Crippen LogP contribution is -2.09. The molecule has 3 aromatic carbocycles. The van der Waals surface area contributed by atoms with Gasteiger partial charge < -0.3 is 5.32 Å². The van der Waals surface area contributed by atoms with Crippen LogP contribution in [0.1, 0.15) is 24.1 Å². The van der Waals surface area contributed by atoms with Crippen molar-refractivity contribution in [2.24, 2.45) is 0 Å². The van der Waals surface area contributed by atoms with Gasteiger partial charge in [-0.3, -0.25) is 0 Å². The molecule has 1 N–H and O–H groups in total. The minimum absolute atomic E-state index is 0.0710. The summed E-state index contributed by atoms with van der Waals surface area (Å²) in [6.07, 6.45) is 0. The van der Waals surface area contributed by atoms with Crippen LogP contribution in [0.25, 0.3) is 27.8 Å². The second kappa shape index (κ2) is 7.43. The summed E-state index contributed by atoms with van der Waals surface area (Å²) in [6.45, 7) is 4.18. The van der Waals surface area contributed by atoms with Gasteiger partial charge in [0.25, 0.3) is 0 Å². The molecule has 5 aromatic rings. The number of hydrogen-bond donors (Lipinski definition) is 1. The van der Waals surface area contributed by atoms with Gasteiger partial charge in [-0.1, -0.05) is 70.9 Å². The SMILES string of the molecule is Cc1cccc(-c2nnn3c2nc(NC(C)c2ccccc2)c2cc(Cl)ccc23)c1. The van der Waals surface area contributed by atoms with Crippen LogP contribution in [-0.2, 0) is 0 Å². The van der Waals surface area contributed by atoms with E-state index in [1.807, 2.05) is 48.5 Å². The van der Waals surface area contributed by atoms with E-state index in [0.29, 0.717) is 10.7 Å². The predicted octanol–water partition coefficient (Wildman–Crippen LogP) is 6.08. The van der Waals surface area contributed by atoms with Crippen LogP contribution >= 0.6 is 11.6 Å². The Morgan fingerprint density at radius 3 is 2.60 bits per heavy atom. The van der Waals surface area contributed by atoms with Crippen molar-refractivity contribution in [3.8, 4) is 11.3 Å². The average Bonchev–Trinajstić information content (AvgIpc) is 3.18. The van der Waals surface area contributed by atoms with Gasteiger partial charge in [-0.05, 0) is 43.7 Å². The number of nitrogens with zero attached hydrogens (tertiary/aromatic N) is 4. The number of fused-ring (bicyclic) bond motifs is 3. The summed E-state index contributed by atoms with van der Waals surface area (Å²) in [5, 5.41) is 14.0. The van der Waals surface area contributed by atoms with Crippen LogP contribution in [0.4, 0.5) is 5.82 Å². The van der Waals surface area contributed by atoms with Crippen LogP contribution in [0.5, 0.6) is 0 Å². The molecule has 1 atom stereocenters. The number of nitrogens with one attached hydrogen (secondary N) is 1. The van der Waals surface area contributed by atoms with E-state index >= 15 is 0 Å². The van der Waals surface area contributed by atoms with Gasteiger partial charge in [0.2, 0.25) is 0 Å². The number of aromatic nitrogens is 4. The molecule has 2 aromatic heterocycles. The van der Waals surface area contributed by atoms with E-state index < -0.39 is 0 Å². The van der Waals surface area contributed by atoms with Crippen LogP contribution < -0.4 is 5.32 Å². The van der Waals surface area contributed by atoms with Gasteiger partial charge in [0.1, 0.15) is 11.5 Å². The van der Waals surface area contributed by atoms with Crippen molar-refractivity contribution in [1.29, 1.82) is 0 Å². The summed E-state index contributed by atoms with van der Waals surface area (Å²) in [5.41, 5.74) is 5.70. The van der Waals surface area contributed by atoms with Crippen molar-refractivity contribution >= 4 is 34.0 Å². The molecule has 5 rings (SSSR count). The van der Waals surface area contributed by atoms with Gasteiger partial charge in [0, 0.05) is 22.0 Å². The molecule has 5 nitrogen and oxygen atoms in total. The highest BCUT2D eigenvalue weighted by Gasteiger charge is 2.17. The molecular weight excluding hydrogens is 394 g/mol. The molecule has 2 heterocycles. The number of rotatable bonds is 4. The van der Waals surface area contributed by atoms with Crippen LogP contribution in [0.2, 0.25) is 5.02 Å². The average molecular weight is 414 g/mol. The predicted molar refractivity (Wildman–Crippen MR) is 122 cm³/mol. The van der Waals surface area contributed by atoms with E-state index in [9.17, 15) is 0 Å². The van der Waals surface area contributed by atoms with E-state index in [1.54, 1.807) is 4.52 Å². The molecule has 0 amide bonds. The van der Waals surface area contributed by atoms with E-state index in [2.05, 4.69) is 53.7 Å². The first-order valence-corrected chi connectivity index (χ1v) is 10.2. The van der Waals surface area contributed by atoms with Crippen LogP contribution in [0.3, 0.4) is 0 Å². The van der Waals surface area contributed by atoms with Gasteiger partial charge >= 0.3 is 0 Å². The van der Waals surface area contributed by atoms with Crippen molar-refractivity contribution in [1.82, 2.24) is 19.8 Å². The third kappa shape index (κ3) is 3.27. The lowest BCUT2D eigenvalue weighted by Gasteiger charge is -2.17. The zero-order chi connectivity index (χ0) is 20.7. The van der Waals surface area contributed by atoms with Crippen molar-refractivity contribution in [3.63, 3.8) is 0 Å². The molecule has 6 heteroatoms. The largest absolute Gasteiger partial charge is 0.363 e. The number of aryl methyl sites for hydroxylation is 1. The summed E-state index contributed by atoms with van der Waals surface area (Å²) in [5.74, 6) is 0.757. The van der Waals surface area contributed by atoms with Crippen molar-refractivity contribution < 1.29 is 0 Å². The lowest BCUT2D eigenvalue weighted by atomic mass is 10.1. The quantitative estimate of drug-likeness (QED) is 0.388. The Bertz CT molecular complexity index is 1360. The normalized spacial score (nSPS) is 12.4. The summed E-state index contributed by atoms with van der Waals surface area (Å²) in [7, 11) is 0. The van der Waals surface area contributed by atoms with E-state index in [1.165, 1.54) is 5.56 Å². The molecule has 0 fully saturated rings. The van der Waals surface area contributed by atoms with Crippen LogP contribution in [0, 0.1) is 6.92 Å². The standard InChI is InChI=1S/C24H20ClN5/c1-15-7-6-10-18(13-15)22-24-27-23(26-16(2)17-8-4-3-5-9-17)20-14-19(25)11-12-21(20)30(24)29-28-22/h3-14,16H,1-2H3,(H,26,27). The highest BCUT2D eigenvalue weighted by Crippen LogP contribution is 2.31. The molecule has 0 spiro atoms. The molecule has 0 aliphatic carbocycles. The van der Waals surface area contributed by atoms with Crippen LogP contribution in [0.15, 0.2) is 72.8 Å². The zero-order valence-electron chi connectivity index (χ0n) is 16.7. The molecule has 0 aliphatic rings. The number of anilines is 1. The molecule has 1 unspecified atom stereocenters. The van der Waals surface area contributed by atoms with Crippen molar-refractivity contribution in [2.45, 2.75) is 19.9 Å². The summed E-state index contributed by atoms with van der Waals surface area (Å²) in [4.78, 5) is 4.94. The highest BCUT2D eigenvalue weighted by atomic mass is 35.5. The fourth-order valence-corrected chi connectivity index (χ4v) is 3.88. The fourth-order valence-electron chi connectivity index (χ4n) is 3.71. The lowest BCUT2D eigenvalue weighted by molar-refractivity contribution is 0.862. The van der Waals surface area contributed by atoms with Gasteiger partial charge in [-0.2, -0.15) is 4.52 Å². The third-order valence-electron chi connectivity index (χ3n) is 5.25. The molecular formula is C24H20ClN5. The maximum absolute atomic E-state index is 6.31. The second-order valence-corrected chi connectivity index (χ2v) is 7.88. The van der Waals surface area contributed by atoms with Crippen LogP contribution in [-0.4, -0.2) is 19.8 Å². The highest BCUT2D eigenvalue weighted by molar-refractivity contribution is 6.31. The fraction of sp³-hybridized carbons (Fsp3) is 0.125. The summed E-state index contributed by atoms with van der Waals surface area (Å²) in [6, 6.07) is 24.3. The Balaban J connectivity index is 1.71.